The fourth-order valence-corrected chi connectivity index (χ4v) is 4.81. The van der Waals surface area contributed by atoms with Crippen LogP contribution in [0.25, 0.3) is 10.9 Å². The van der Waals surface area contributed by atoms with E-state index in [0.717, 1.165) is 16.9 Å². The van der Waals surface area contributed by atoms with Crippen LogP contribution in [0.5, 0.6) is 0 Å². The van der Waals surface area contributed by atoms with Gasteiger partial charge < -0.3 is 10.3 Å². The predicted octanol–water partition coefficient (Wildman–Crippen LogP) is 2.55. The van der Waals surface area contributed by atoms with Gasteiger partial charge in [0.1, 0.15) is 5.82 Å². The molecule has 0 saturated heterocycles. The number of nitrogens with zero attached hydrogens (tertiary/aromatic N) is 1. The number of hydrogen-bond donors (Lipinski definition) is 2. The Morgan fingerprint density at radius 2 is 2.08 bits per heavy atom. The van der Waals surface area contributed by atoms with E-state index in [1.165, 1.54) is 42.0 Å². The fourth-order valence-electron chi connectivity index (χ4n) is 2.45. The molecule has 25 heavy (non-hydrogen) atoms. The summed E-state index contributed by atoms with van der Waals surface area (Å²) in [5.41, 5.74) is 1.38. The normalized spacial score (nSPS) is 12.0. The SMILES string of the molecule is CNC(=O)c1cc(S(=O)(=O)N(C)Cc2cc3cc(F)ccc3[nH]2)cs1. The molecule has 0 unspecified atom stereocenters. The van der Waals surface area contributed by atoms with Crippen LogP contribution in [0.3, 0.4) is 0 Å². The lowest BCUT2D eigenvalue weighted by Crippen LogP contribution is -2.26. The van der Waals surface area contributed by atoms with Crippen molar-refractivity contribution < 1.29 is 17.6 Å². The van der Waals surface area contributed by atoms with E-state index in [4.69, 9.17) is 0 Å². The minimum absolute atomic E-state index is 0.0701. The highest BCUT2D eigenvalue weighted by Crippen LogP contribution is 2.24. The molecule has 132 valence electrons. The van der Waals surface area contributed by atoms with Crippen molar-refractivity contribution in [2.45, 2.75) is 11.4 Å². The van der Waals surface area contributed by atoms with E-state index in [1.54, 1.807) is 12.1 Å². The molecule has 2 aromatic heterocycles. The van der Waals surface area contributed by atoms with E-state index in [2.05, 4.69) is 10.3 Å². The fraction of sp³-hybridized carbons (Fsp3) is 0.188. The lowest BCUT2D eigenvalue weighted by Gasteiger charge is -2.15. The Bertz CT molecular complexity index is 1040. The molecule has 0 aliphatic carbocycles. The van der Waals surface area contributed by atoms with Crippen LogP contribution in [0.2, 0.25) is 0 Å². The quantitative estimate of drug-likeness (QED) is 0.713. The molecule has 9 heteroatoms. The van der Waals surface area contributed by atoms with Gasteiger partial charge in [0, 0.05) is 36.1 Å². The predicted molar refractivity (Wildman–Crippen MR) is 94.6 cm³/mol. The van der Waals surface area contributed by atoms with Gasteiger partial charge >= 0.3 is 0 Å². The number of benzene rings is 1. The molecule has 0 bridgehead atoms. The lowest BCUT2D eigenvalue weighted by atomic mass is 10.2. The maximum absolute atomic E-state index is 13.3. The summed E-state index contributed by atoms with van der Waals surface area (Å²) < 4.78 is 39.8. The second-order valence-electron chi connectivity index (χ2n) is 5.51. The summed E-state index contributed by atoms with van der Waals surface area (Å²) in [4.78, 5) is 15.1. The zero-order valence-corrected chi connectivity index (χ0v) is 15.2. The molecule has 0 aliphatic heterocycles. The molecule has 0 atom stereocenters. The summed E-state index contributed by atoms with van der Waals surface area (Å²) in [6.07, 6.45) is 0. The van der Waals surface area contributed by atoms with Crippen LogP contribution in [-0.2, 0) is 16.6 Å². The zero-order chi connectivity index (χ0) is 18.2. The van der Waals surface area contributed by atoms with Crippen molar-refractivity contribution in [1.82, 2.24) is 14.6 Å². The van der Waals surface area contributed by atoms with E-state index in [-0.39, 0.29) is 23.2 Å². The number of fused-ring (bicyclic) bond motifs is 1. The van der Waals surface area contributed by atoms with Crippen molar-refractivity contribution >= 4 is 38.2 Å². The molecule has 0 radical (unpaired) electrons. The summed E-state index contributed by atoms with van der Waals surface area (Å²) in [6.45, 7) is 0.101. The van der Waals surface area contributed by atoms with Gasteiger partial charge in [0.2, 0.25) is 10.0 Å². The number of carbonyl (C=O) groups excluding carboxylic acids is 1. The van der Waals surface area contributed by atoms with Gasteiger partial charge in [-0.15, -0.1) is 11.3 Å². The number of hydrogen-bond acceptors (Lipinski definition) is 4. The Labute approximate surface area is 148 Å². The maximum Gasteiger partial charge on any atom is 0.261 e. The van der Waals surface area contributed by atoms with Gasteiger partial charge in [0.15, 0.2) is 0 Å². The Hall–Kier alpha value is -2.23. The van der Waals surface area contributed by atoms with E-state index < -0.39 is 10.0 Å². The van der Waals surface area contributed by atoms with Crippen LogP contribution >= 0.6 is 11.3 Å². The largest absolute Gasteiger partial charge is 0.357 e. The number of nitrogens with one attached hydrogen (secondary N) is 2. The van der Waals surface area contributed by atoms with Gasteiger partial charge in [-0.25, -0.2) is 12.8 Å². The number of halogens is 1. The van der Waals surface area contributed by atoms with Gasteiger partial charge in [-0.2, -0.15) is 4.31 Å². The van der Waals surface area contributed by atoms with Crippen molar-refractivity contribution in [2.24, 2.45) is 0 Å². The zero-order valence-electron chi connectivity index (χ0n) is 13.5. The third-order valence-electron chi connectivity index (χ3n) is 3.77. The van der Waals surface area contributed by atoms with Gasteiger partial charge in [-0.1, -0.05) is 0 Å². The summed E-state index contributed by atoms with van der Waals surface area (Å²) in [5, 5.41) is 4.58. The number of amides is 1. The van der Waals surface area contributed by atoms with Crippen LogP contribution in [0.1, 0.15) is 15.4 Å². The summed E-state index contributed by atoms with van der Waals surface area (Å²) >= 11 is 1.07. The highest BCUT2D eigenvalue weighted by Gasteiger charge is 2.24. The first kappa shape index (κ1) is 17.6. The first-order chi connectivity index (χ1) is 11.8. The maximum atomic E-state index is 13.3. The Morgan fingerprint density at radius 1 is 1.32 bits per heavy atom. The molecule has 3 rings (SSSR count). The van der Waals surface area contributed by atoms with E-state index in [0.29, 0.717) is 16.0 Å². The molecular formula is C16H16FN3O3S2. The number of carbonyl (C=O) groups is 1. The van der Waals surface area contributed by atoms with Crippen molar-refractivity contribution in [3.8, 4) is 0 Å². The first-order valence-corrected chi connectivity index (χ1v) is 9.67. The number of aromatic nitrogens is 1. The second kappa shape index (κ2) is 6.58. The summed E-state index contributed by atoms with van der Waals surface area (Å²) in [7, 11) is -0.790. The molecule has 0 aliphatic rings. The van der Waals surface area contributed by atoms with Gasteiger partial charge in [0.05, 0.1) is 16.3 Å². The molecule has 0 spiro atoms. The number of rotatable bonds is 5. The van der Waals surface area contributed by atoms with E-state index in [9.17, 15) is 17.6 Å². The average molecular weight is 381 g/mol. The number of H-pyrrole nitrogens is 1. The smallest absolute Gasteiger partial charge is 0.261 e. The van der Waals surface area contributed by atoms with Crippen molar-refractivity contribution in [3.05, 3.63) is 52.1 Å². The highest BCUT2D eigenvalue weighted by molar-refractivity contribution is 7.89. The topological polar surface area (TPSA) is 82.3 Å². The molecule has 0 saturated carbocycles. The van der Waals surface area contributed by atoms with Gasteiger partial charge in [-0.05, 0) is 30.3 Å². The number of thiophene rings is 1. The van der Waals surface area contributed by atoms with Gasteiger partial charge in [0.25, 0.3) is 5.91 Å². The Morgan fingerprint density at radius 3 is 2.80 bits per heavy atom. The standard InChI is InChI=1S/C16H16FN3O3S2/c1-18-16(21)15-7-13(9-24-15)25(22,23)20(2)8-12-6-10-5-11(17)3-4-14(10)19-12/h3-7,9,19H,8H2,1-2H3,(H,18,21). The average Bonchev–Trinajstić information content (AvgIpc) is 3.20. The lowest BCUT2D eigenvalue weighted by molar-refractivity contribution is 0.0967. The molecule has 1 amide bonds. The van der Waals surface area contributed by atoms with Gasteiger partial charge in [-0.3, -0.25) is 4.79 Å². The van der Waals surface area contributed by atoms with Crippen LogP contribution < -0.4 is 5.32 Å². The third-order valence-corrected chi connectivity index (χ3v) is 6.63. The third kappa shape index (κ3) is 3.44. The highest BCUT2D eigenvalue weighted by atomic mass is 32.2. The molecule has 2 heterocycles. The minimum atomic E-state index is -3.73. The molecule has 2 N–H and O–H groups in total. The van der Waals surface area contributed by atoms with Crippen molar-refractivity contribution in [3.63, 3.8) is 0 Å². The second-order valence-corrected chi connectivity index (χ2v) is 8.47. The Balaban J connectivity index is 1.84. The van der Waals surface area contributed by atoms with E-state index in [1.807, 2.05) is 0 Å². The molecular weight excluding hydrogens is 365 g/mol. The first-order valence-electron chi connectivity index (χ1n) is 7.35. The van der Waals surface area contributed by atoms with Crippen LogP contribution in [0.15, 0.2) is 40.6 Å². The molecule has 1 aromatic carbocycles. The Kier molecular flexibility index (Phi) is 4.63. The summed E-state index contributed by atoms with van der Waals surface area (Å²) in [5.74, 6) is -0.675. The number of aromatic amines is 1. The summed E-state index contributed by atoms with van der Waals surface area (Å²) in [6, 6.07) is 7.41. The number of sulfonamides is 1. The van der Waals surface area contributed by atoms with Crippen molar-refractivity contribution in [1.29, 1.82) is 0 Å². The van der Waals surface area contributed by atoms with Crippen LogP contribution in [0.4, 0.5) is 4.39 Å². The monoisotopic (exact) mass is 381 g/mol. The molecule has 0 fully saturated rings. The van der Waals surface area contributed by atoms with Crippen LogP contribution in [-0.4, -0.2) is 37.7 Å². The van der Waals surface area contributed by atoms with E-state index >= 15 is 0 Å². The molecule has 6 nitrogen and oxygen atoms in total. The molecule has 3 aromatic rings. The van der Waals surface area contributed by atoms with Crippen LogP contribution in [0, 0.1) is 5.82 Å². The van der Waals surface area contributed by atoms with Crippen molar-refractivity contribution in [2.75, 3.05) is 14.1 Å². The minimum Gasteiger partial charge on any atom is -0.357 e.